The van der Waals surface area contributed by atoms with Gasteiger partial charge < -0.3 is 4.74 Å². The summed E-state index contributed by atoms with van der Waals surface area (Å²) in [6, 6.07) is 4.97. The summed E-state index contributed by atoms with van der Waals surface area (Å²) in [6.07, 6.45) is 0. The third kappa shape index (κ3) is 2.83. The molecule has 0 aliphatic carbocycles. The molecule has 1 aromatic carbocycles. The van der Waals surface area contributed by atoms with E-state index in [4.69, 9.17) is 16.3 Å². The molecule has 0 aliphatic rings. The monoisotopic (exact) mass is 248 g/mol. The van der Waals surface area contributed by atoms with Crippen molar-refractivity contribution in [3.8, 4) is 5.75 Å². The number of esters is 1. The molecule has 1 aromatic rings. The van der Waals surface area contributed by atoms with Gasteiger partial charge in [0.2, 0.25) is 0 Å². The topological polar surface area (TPSA) is 26.3 Å². The molecule has 0 saturated heterocycles. The standard InChI is InChI=1S/C8H6BrClO2/c1-5(11)12-8-3-6(9)2-7(10)4-8/h2-4H,1H3. The Morgan fingerprint density at radius 1 is 1.50 bits per heavy atom. The molecule has 0 unspecified atom stereocenters. The van der Waals surface area contributed by atoms with Crippen LogP contribution in [0.2, 0.25) is 5.02 Å². The van der Waals surface area contributed by atoms with Crippen LogP contribution in [0.4, 0.5) is 0 Å². The van der Waals surface area contributed by atoms with Crippen LogP contribution in [-0.2, 0) is 4.79 Å². The maximum Gasteiger partial charge on any atom is 0.308 e. The van der Waals surface area contributed by atoms with Crippen molar-refractivity contribution in [3.63, 3.8) is 0 Å². The van der Waals surface area contributed by atoms with Crippen molar-refractivity contribution in [2.24, 2.45) is 0 Å². The van der Waals surface area contributed by atoms with Crippen LogP contribution in [-0.4, -0.2) is 5.97 Å². The molecule has 0 saturated carbocycles. The van der Waals surface area contributed by atoms with Gasteiger partial charge in [-0.3, -0.25) is 4.79 Å². The van der Waals surface area contributed by atoms with Gasteiger partial charge in [-0.25, -0.2) is 0 Å². The molecule has 64 valence electrons. The first-order valence-electron chi connectivity index (χ1n) is 3.22. The van der Waals surface area contributed by atoms with Gasteiger partial charge in [-0.05, 0) is 18.2 Å². The van der Waals surface area contributed by atoms with Crippen LogP contribution in [0.1, 0.15) is 6.92 Å². The molecule has 0 aromatic heterocycles. The molecule has 0 fully saturated rings. The fourth-order valence-electron chi connectivity index (χ4n) is 0.753. The second-order valence-corrected chi connectivity index (χ2v) is 3.55. The van der Waals surface area contributed by atoms with Gasteiger partial charge in [-0.15, -0.1) is 0 Å². The Balaban J connectivity index is 2.93. The molecule has 0 N–H and O–H groups in total. The van der Waals surface area contributed by atoms with Gasteiger partial charge in [-0.1, -0.05) is 27.5 Å². The lowest BCUT2D eigenvalue weighted by molar-refractivity contribution is -0.131. The van der Waals surface area contributed by atoms with E-state index in [1.807, 2.05) is 0 Å². The van der Waals surface area contributed by atoms with E-state index in [1.54, 1.807) is 18.2 Å². The average molecular weight is 249 g/mol. The average Bonchev–Trinajstić information content (AvgIpc) is 1.81. The highest BCUT2D eigenvalue weighted by atomic mass is 79.9. The van der Waals surface area contributed by atoms with Gasteiger partial charge in [-0.2, -0.15) is 0 Å². The lowest BCUT2D eigenvalue weighted by atomic mass is 10.3. The molecule has 0 atom stereocenters. The summed E-state index contributed by atoms with van der Waals surface area (Å²) < 4.78 is 5.61. The quantitative estimate of drug-likeness (QED) is 0.565. The first kappa shape index (κ1) is 9.55. The van der Waals surface area contributed by atoms with E-state index in [0.717, 1.165) is 4.47 Å². The van der Waals surface area contributed by atoms with E-state index in [0.29, 0.717) is 10.8 Å². The van der Waals surface area contributed by atoms with Crippen molar-refractivity contribution < 1.29 is 9.53 Å². The summed E-state index contributed by atoms with van der Waals surface area (Å²) in [5.74, 6) is 0.0889. The first-order valence-corrected chi connectivity index (χ1v) is 4.39. The smallest absolute Gasteiger partial charge is 0.308 e. The van der Waals surface area contributed by atoms with Gasteiger partial charge in [0.05, 0.1) is 0 Å². The molecular weight excluding hydrogens is 243 g/mol. The zero-order valence-corrected chi connectivity index (χ0v) is 8.65. The van der Waals surface area contributed by atoms with Crippen LogP contribution in [0, 0.1) is 0 Å². The van der Waals surface area contributed by atoms with E-state index in [2.05, 4.69) is 15.9 Å². The van der Waals surface area contributed by atoms with E-state index in [9.17, 15) is 4.79 Å². The summed E-state index contributed by atoms with van der Waals surface area (Å²) in [6.45, 7) is 1.34. The highest BCUT2D eigenvalue weighted by Crippen LogP contribution is 2.24. The zero-order valence-electron chi connectivity index (χ0n) is 6.30. The number of carbonyl (C=O) groups is 1. The van der Waals surface area contributed by atoms with Gasteiger partial charge in [0.15, 0.2) is 0 Å². The molecule has 0 radical (unpaired) electrons. The van der Waals surface area contributed by atoms with Crippen molar-refractivity contribution >= 4 is 33.5 Å². The minimum atomic E-state index is -0.357. The Labute approximate surface area is 83.6 Å². The second-order valence-electron chi connectivity index (χ2n) is 2.20. The van der Waals surface area contributed by atoms with Crippen molar-refractivity contribution in [3.05, 3.63) is 27.7 Å². The second kappa shape index (κ2) is 3.92. The SMILES string of the molecule is CC(=O)Oc1cc(Cl)cc(Br)c1. The molecule has 0 bridgehead atoms. The number of hydrogen-bond donors (Lipinski definition) is 0. The summed E-state index contributed by atoms with van der Waals surface area (Å²) in [7, 11) is 0. The predicted octanol–water partition coefficient (Wildman–Crippen LogP) is 3.03. The lowest BCUT2D eigenvalue weighted by Crippen LogP contribution is -2.00. The summed E-state index contributed by atoms with van der Waals surface area (Å²) in [5, 5.41) is 0.528. The maximum absolute atomic E-state index is 10.6. The number of hydrogen-bond acceptors (Lipinski definition) is 2. The highest BCUT2D eigenvalue weighted by molar-refractivity contribution is 9.10. The molecular formula is C8H6BrClO2. The van der Waals surface area contributed by atoms with Gasteiger partial charge in [0.1, 0.15) is 5.75 Å². The minimum Gasteiger partial charge on any atom is -0.427 e. The Morgan fingerprint density at radius 2 is 2.17 bits per heavy atom. The molecule has 1 rings (SSSR count). The Bertz CT molecular complexity index is 292. The van der Waals surface area contributed by atoms with E-state index in [-0.39, 0.29) is 5.97 Å². The molecule has 2 nitrogen and oxygen atoms in total. The van der Waals surface area contributed by atoms with Gasteiger partial charge in [0.25, 0.3) is 0 Å². The van der Waals surface area contributed by atoms with Crippen molar-refractivity contribution in [2.45, 2.75) is 6.92 Å². The number of halogens is 2. The summed E-state index contributed by atoms with van der Waals surface area (Å²) in [4.78, 5) is 10.6. The zero-order chi connectivity index (χ0) is 9.14. The number of benzene rings is 1. The third-order valence-electron chi connectivity index (χ3n) is 1.10. The highest BCUT2D eigenvalue weighted by Gasteiger charge is 2.00. The van der Waals surface area contributed by atoms with Crippen LogP contribution in [0.15, 0.2) is 22.7 Å². The number of ether oxygens (including phenoxy) is 1. The van der Waals surface area contributed by atoms with Crippen molar-refractivity contribution in [1.29, 1.82) is 0 Å². The molecule has 0 heterocycles. The number of rotatable bonds is 1. The fraction of sp³-hybridized carbons (Fsp3) is 0.125. The normalized spacial score (nSPS) is 9.58. The Kier molecular flexibility index (Phi) is 3.12. The Morgan fingerprint density at radius 3 is 2.67 bits per heavy atom. The largest absolute Gasteiger partial charge is 0.427 e. The summed E-state index contributed by atoms with van der Waals surface area (Å²) in [5.41, 5.74) is 0. The van der Waals surface area contributed by atoms with Crippen LogP contribution in [0.3, 0.4) is 0 Å². The summed E-state index contributed by atoms with van der Waals surface area (Å²) >= 11 is 8.94. The van der Waals surface area contributed by atoms with Crippen molar-refractivity contribution in [1.82, 2.24) is 0 Å². The number of carbonyl (C=O) groups excluding carboxylic acids is 1. The van der Waals surface area contributed by atoms with E-state index < -0.39 is 0 Å². The lowest BCUT2D eigenvalue weighted by Gasteiger charge is -2.01. The Hall–Kier alpha value is -0.540. The molecule has 12 heavy (non-hydrogen) atoms. The third-order valence-corrected chi connectivity index (χ3v) is 1.77. The first-order chi connectivity index (χ1) is 5.58. The van der Waals surface area contributed by atoms with E-state index in [1.165, 1.54) is 6.92 Å². The molecule has 4 heteroatoms. The molecule has 0 aliphatic heterocycles. The predicted molar refractivity (Wildman–Crippen MR) is 50.5 cm³/mol. The van der Waals surface area contributed by atoms with Crippen LogP contribution >= 0.6 is 27.5 Å². The van der Waals surface area contributed by atoms with Crippen molar-refractivity contribution in [2.75, 3.05) is 0 Å². The maximum atomic E-state index is 10.6. The van der Waals surface area contributed by atoms with Gasteiger partial charge in [0, 0.05) is 16.4 Å². The molecule has 0 amide bonds. The minimum absolute atomic E-state index is 0.357. The van der Waals surface area contributed by atoms with E-state index >= 15 is 0 Å². The van der Waals surface area contributed by atoms with Gasteiger partial charge >= 0.3 is 5.97 Å². The van der Waals surface area contributed by atoms with Crippen LogP contribution in [0.25, 0.3) is 0 Å². The van der Waals surface area contributed by atoms with Crippen LogP contribution in [0.5, 0.6) is 5.75 Å². The fourth-order valence-corrected chi connectivity index (χ4v) is 1.58. The molecule has 0 spiro atoms. The van der Waals surface area contributed by atoms with Crippen LogP contribution < -0.4 is 4.74 Å².